The summed E-state index contributed by atoms with van der Waals surface area (Å²) in [7, 11) is 0. The van der Waals surface area contributed by atoms with Gasteiger partial charge in [-0.25, -0.2) is 4.79 Å². The minimum atomic E-state index is -0.208. The highest BCUT2D eigenvalue weighted by Gasteiger charge is 2.16. The smallest absolute Gasteiger partial charge is 0.326 e. The number of H-pyrrole nitrogens is 1. The first kappa shape index (κ1) is 17.3. The molecule has 0 unspecified atom stereocenters. The fourth-order valence-corrected chi connectivity index (χ4v) is 3.13. The van der Waals surface area contributed by atoms with Crippen LogP contribution in [-0.2, 0) is 16.1 Å². The molecule has 0 aliphatic heterocycles. The van der Waals surface area contributed by atoms with Crippen molar-refractivity contribution < 1.29 is 9.53 Å². The average Bonchev–Trinajstić information content (AvgIpc) is 2.85. The summed E-state index contributed by atoms with van der Waals surface area (Å²) < 4.78 is 6.71. The van der Waals surface area contributed by atoms with Crippen molar-refractivity contribution in [2.45, 2.75) is 58.9 Å². The van der Waals surface area contributed by atoms with Crippen LogP contribution < -0.4 is 5.69 Å². The number of fused-ring (bicyclic) bond motifs is 1. The van der Waals surface area contributed by atoms with E-state index < -0.39 is 0 Å². The zero-order valence-electron chi connectivity index (χ0n) is 14.2. The highest BCUT2D eigenvalue weighted by Crippen LogP contribution is 2.29. The lowest BCUT2D eigenvalue weighted by atomic mass is 9.93. The van der Waals surface area contributed by atoms with E-state index in [4.69, 9.17) is 4.74 Å². The number of ether oxygens (including phenoxy) is 1. The number of imidazole rings is 1. The average molecular weight is 318 g/mol. The lowest BCUT2D eigenvalue weighted by Crippen LogP contribution is -2.18. The van der Waals surface area contributed by atoms with Gasteiger partial charge in [0.1, 0.15) is 0 Å². The number of carbonyl (C=O) groups excluding carboxylic acids is 1. The van der Waals surface area contributed by atoms with E-state index in [0.717, 1.165) is 23.9 Å². The third-order valence-electron chi connectivity index (χ3n) is 4.32. The zero-order valence-corrected chi connectivity index (χ0v) is 14.2. The molecule has 5 heteroatoms. The quantitative estimate of drug-likeness (QED) is 0.757. The van der Waals surface area contributed by atoms with E-state index in [-0.39, 0.29) is 11.7 Å². The molecule has 0 saturated heterocycles. The molecule has 23 heavy (non-hydrogen) atoms. The second-order valence-corrected chi connectivity index (χ2v) is 5.75. The molecule has 0 saturated carbocycles. The van der Waals surface area contributed by atoms with Crippen LogP contribution in [0.5, 0.6) is 0 Å². The van der Waals surface area contributed by atoms with Gasteiger partial charge in [-0.15, -0.1) is 0 Å². The Balaban J connectivity index is 2.30. The van der Waals surface area contributed by atoms with Crippen LogP contribution in [-0.4, -0.2) is 22.1 Å². The third-order valence-corrected chi connectivity index (χ3v) is 4.32. The number of aromatic amines is 1. The van der Waals surface area contributed by atoms with Crippen molar-refractivity contribution in [3.63, 3.8) is 0 Å². The summed E-state index contributed by atoms with van der Waals surface area (Å²) in [6, 6.07) is 6.04. The van der Waals surface area contributed by atoms with Gasteiger partial charge in [0, 0.05) is 13.0 Å². The standard InChI is InChI=1S/C18H26N2O3/c1-4-13(5-2)14-9-7-10-15-17(14)20(18(22)19-15)12-8-11-16(21)23-6-3/h7,9-10,13H,4-6,8,11-12H2,1-3H3,(H,19,22). The van der Waals surface area contributed by atoms with Gasteiger partial charge in [0.05, 0.1) is 17.6 Å². The Kier molecular flexibility index (Phi) is 6.02. The van der Waals surface area contributed by atoms with Crippen molar-refractivity contribution in [1.29, 1.82) is 0 Å². The summed E-state index contributed by atoms with van der Waals surface area (Å²) in [6.45, 7) is 7.05. The molecular weight excluding hydrogens is 292 g/mol. The minimum Gasteiger partial charge on any atom is -0.466 e. The fraction of sp³-hybridized carbons (Fsp3) is 0.556. The molecule has 0 bridgehead atoms. The molecule has 2 aromatic rings. The fourth-order valence-electron chi connectivity index (χ4n) is 3.13. The predicted octanol–water partition coefficient (Wildman–Crippen LogP) is 3.58. The van der Waals surface area contributed by atoms with E-state index in [1.54, 1.807) is 11.5 Å². The van der Waals surface area contributed by atoms with Crippen molar-refractivity contribution in [3.8, 4) is 0 Å². The Hall–Kier alpha value is -2.04. The molecule has 1 N–H and O–H groups in total. The van der Waals surface area contributed by atoms with E-state index in [0.29, 0.717) is 31.9 Å². The first-order chi connectivity index (χ1) is 11.1. The Morgan fingerprint density at radius 2 is 2.00 bits per heavy atom. The molecule has 0 spiro atoms. The number of hydrogen-bond donors (Lipinski definition) is 1. The van der Waals surface area contributed by atoms with Crippen molar-refractivity contribution in [2.24, 2.45) is 0 Å². The van der Waals surface area contributed by atoms with Gasteiger partial charge < -0.3 is 9.72 Å². The Morgan fingerprint density at radius 3 is 2.65 bits per heavy atom. The summed E-state index contributed by atoms with van der Waals surface area (Å²) in [6.07, 6.45) is 3.01. The second-order valence-electron chi connectivity index (χ2n) is 5.75. The van der Waals surface area contributed by atoms with E-state index in [1.165, 1.54) is 5.56 Å². The summed E-state index contributed by atoms with van der Waals surface area (Å²) in [5.74, 6) is 0.228. The van der Waals surface area contributed by atoms with E-state index >= 15 is 0 Å². The van der Waals surface area contributed by atoms with Crippen LogP contribution in [0.4, 0.5) is 0 Å². The predicted molar refractivity (Wildman–Crippen MR) is 91.7 cm³/mol. The molecule has 0 atom stereocenters. The maximum Gasteiger partial charge on any atom is 0.326 e. The van der Waals surface area contributed by atoms with Crippen LogP contribution in [0.2, 0.25) is 0 Å². The SMILES string of the molecule is CCOC(=O)CCCn1c(=O)[nH]c2cccc(C(CC)CC)c21. The van der Waals surface area contributed by atoms with Gasteiger partial charge in [0.15, 0.2) is 0 Å². The molecular formula is C18H26N2O3. The number of hydrogen-bond acceptors (Lipinski definition) is 3. The van der Waals surface area contributed by atoms with Crippen molar-refractivity contribution >= 4 is 17.0 Å². The van der Waals surface area contributed by atoms with Crippen molar-refractivity contribution in [1.82, 2.24) is 9.55 Å². The highest BCUT2D eigenvalue weighted by atomic mass is 16.5. The maximum absolute atomic E-state index is 12.3. The normalized spacial score (nSPS) is 11.3. The summed E-state index contributed by atoms with van der Waals surface area (Å²) >= 11 is 0. The van der Waals surface area contributed by atoms with E-state index in [9.17, 15) is 9.59 Å². The Labute approximate surface area is 136 Å². The Bertz CT molecular complexity index is 711. The number of carbonyl (C=O) groups is 1. The molecule has 0 radical (unpaired) electrons. The molecule has 0 aliphatic carbocycles. The van der Waals surface area contributed by atoms with Gasteiger partial charge in [0.25, 0.3) is 0 Å². The lowest BCUT2D eigenvalue weighted by molar-refractivity contribution is -0.143. The molecule has 1 aromatic carbocycles. The molecule has 1 heterocycles. The van der Waals surface area contributed by atoms with Crippen LogP contribution in [0.15, 0.2) is 23.0 Å². The third kappa shape index (κ3) is 3.84. The van der Waals surface area contributed by atoms with Gasteiger partial charge >= 0.3 is 11.7 Å². The zero-order chi connectivity index (χ0) is 16.8. The summed E-state index contributed by atoms with van der Waals surface area (Å²) in [5, 5.41) is 0. The number of nitrogens with one attached hydrogen (secondary N) is 1. The molecule has 126 valence electrons. The maximum atomic E-state index is 12.3. The van der Waals surface area contributed by atoms with Gasteiger partial charge in [-0.1, -0.05) is 26.0 Å². The number of esters is 1. The second kappa shape index (κ2) is 7.99. The largest absolute Gasteiger partial charge is 0.466 e. The van der Waals surface area contributed by atoms with Crippen LogP contribution in [0, 0.1) is 0 Å². The number of nitrogens with zero attached hydrogens (tertiary/aromatic N) is 1. The van der Waals surface area contributed by atoms with E-state index in [1.807, 2.05) is 12.1 Å². The van der Waals surface area contributed by atoms with Gasteiger partial charge in [-0.3, -0.25) is 9.36 Å². The monoisotopic (exact) mass is 318 g/mol. The number of aromatic nitrogens is 2. The van der Waals surface area contributed by atoms with Gasteiger partial charge in [-0.2, -0.15) is 0 Å². The van der Waals surface area contributed by atoms with Crippen LogP contribution in [0.1, 0.15) is 57.9 Å². The molecule has 5 nitrogen and oxygen atoms in total. The number of rotatable bonds is 8. The molecule has 0 aliphatic rings. The van der Waals surface area contributed by atoms with E-state index in [2.05, 4.69) is 24.9 Å². The Morgan fingerprint density at radius 1 is 1.26 bits per heavy atom. The number of aryl methyl sites for hydroxylation is 1. The summed E-state index contributed by atoms with van der Waals surface area (Å²) in [4.78, 5) is 26.7. The summed E-state index contributed by atoms with van der Waals surface area (Å²) in [5.41, 5.74) is 2.95. The van der Waals surface area contributed by atoms with Crippen LogP contribution in [0.25, 0.3) is 11.0 Å². The van der Waals surface area contributed by atoms with Gasteiger partial charge in [-0.05, 0) is 43.7 Å². The topological polar surface area (TPSA) is 64.1 Å². The molecule has 0 fully saturated rings. The van der Waals surface area contributed by atoms with Crippen molar-refractivity contribution in [2.75, 3.05) is 6.61 Å². The van der Waals surface area contributed by atoms with Crippen LogP contribution >= 0.6 is 0 Å². The van der Waals surface area contributed by atoms with Crippen LogP contribution in [0.3, 0.4) is 0 Å². The molecule has 1 aromatic heterocycles. The number of benzene rings is 1. The lowest BCUT2D eigenvalue weighted by Gasteiger charge is -2.15. The van der Waals surface area contributed by atoms with Crippen molar-refractivity contribution in [3.05, 3.63) is 34.2 Å². The minimum absolute atomic E-state index is 0.109. The number of para-hydroxylation sites is 1. The molecule has 0 amide bonds. The molecule has 2 rings (SSSR count). The van der Waals surface area contributed by atoms with Gasteiger partial charge in [0.2, 0.25) is 0 Å². The highest BCUT2D eigenvalue weighted by molar-refractivity contribution is 5.79. The first-order valence-corrected chi connectivity index (χ1v) is 8.49. The first-order valence-electron chi connectivity index (χ1n) is 8.49.